The van der Waals surface area contributed by atoms with Gasteiger partial charge in [0.15, 0.2) is 0 Å². The van der Waals surface area contributed by atoms with E-state index >= 15 is 0 Å². The van der Waals surface area contributed by atoms with Gasteiger partial charge in [0.2, 0.25) is 5.91 Å². The van der Waals surface area contributed by atoms with Crippen molar-refractivity contribution in [2.24, 2.45) is 5.73 Å². The van der Waals surface area contributed by atoms with Crippen molar-refractivity contribution < 1.29 is 4.79 Å². The third kappa shape index (κ3) is 3.53. The van der Waals surface area contributed by atoms with Crippen molar-refractivity contribution in [3.63, 3.8) is 0 Å². The molecule has 0 heterocycles. The van der Waals surface area contributed by atoms with E-state index in [9.17, 15) is 4.79 Å². The smallest absolute Gasteiger partial charge is 0.245 e. The normalized spacial score (nSPS) is 13.0. The van der Waals surface area contributed by atoms with Crippen LogP contribution in [0.3, 0.4) is 0 Å². The summed E-state index contributed by atoms with van der Waals surface area (Å²) in [6.07, 6.45) is 0.833. The molecule has 0 aromatic heterocycles. The van der Waals surface area contributed by atoms with E-state index in [2.05, 4.69) is 11.9 Å². The maximum atomic E-state index is 10.8. The van der Waals surface area contributed by atoms with Gasteiger partial charge in [-0.2, -0.15) is 0 Å². The number of nitrogens with one attached hydrogen (secondary N) is 1. The monoisotopic (exact) mass is 170 g/mol. The fraction of sp³-hybridized carbons (Fsp3) is 0.667. The average Bonchev–Trinajstić information content (AvgIpc) is 1.98. The Balaban J connectivity index is 4.15. The average molecular weight is 170 g/mol. The lowest BCUT2D eigenvalue weighted by Gasteiger charge is -2.19. The van der Waals surface area contributed by atoms with Crippen molar-refractivity contribution in [3.8, 4) is 0 Å². The van der Waals surface area contributed by atoms with Crippen molar-refractivity contribution in [1.82, 2.24) is 5.32 Å². The molecule has 0 saturated heterocycles. The highest BCUT2D eigenvalue weighted by Gasteiger charge is 2.14. The first kappa shape index (κ1) is 11.2. The van der Waals surface area contributed by atoms with Crippen molar-refractivity contribution in [2.75, 3.05) is 0 Å². The zero-order valence-corrected chi connectivity index (χ0v) is 8.05. The molecular weight excluding hydrogens is 152 g/mol. The molecule has 0 aliphatic heterocycles. The van der Waals surface area contributed by atoms with Gasteiger partial charge in [0.25, 0.3) is 0 Å². The number of hydrogen-bond acceptors (Lipinski definition) is 2. The molecule has 1 unspecified atom stereocenters. The van der Waals surface area contributed by atoms with E-state index in [0.717, 1.165) is 6.42 Å². The second-order valence-electron chi connectivity index (χ2n) is 3.17. The van der Waals surface area contributed by atoms with Crippen LogP contribution < -0.4 is 11.1 Å². The lowest BCUT2D eigenvalue weighted by Crippen LogP contribution is -2.39. The Bertz CT molecular complexity index is 175. The van der Waals surface area contributed by atoms with Crippen LogP contribution in [0.5, 0.6) is 0 Å². The van der Waals surface area contributed by atoms with Gasteiger partial charge in [0.05, 0.1) is 0 Å². The third-order valence-electron chi connectivity index (χ3n) is 1.68. The number of carbonyl (C=O) groups excluding carboxylic acids is 1. The topological polar surface area (TPSA) is 55.1 Å². The van der Waals surface area contributed by atoms with Crippen LogP contribution >= 0.6 is 0 Å². The number of primary amides is 1. The minimum Gasteiger partial charge on any atom is -0.366 e. The maximum Gasteiger partial charge on any atom is 0.245 e. The number of amides is 1. The molecule has 1 atom stereocenters. The Morgan fingerprint density at radius 2 is 2.08 bits per heavy atom. The first-order valence-corrected chi connectivity index (χ1v) is 4.23. The summed E-state index contributed by atoms with van der Waals surface area (Å²) in [6, 6.07) is 0.355. The Hall–Kier alpha value is -0.830. The summed E-state index contributed by atoms with van der Waals surface area (Å²) in [5.41, 5.74) is 5.57. The Labute approximate surface area is 74.0 Å². The molecule has 0 saturated carbocycles. The molecule has 0 aliphatic rings. The van der Waals surface area contributed by atoms with E-state index in [1.165, 1.54) is 0 Å². The molecule has 0 aromatic carbocycles. The van der Waals surface area contributed by atoms with E-state index in [-0.39, 0.29) is 6.04 Å². The van der Waals surface area contributed by atoms with Gasteiger partial charge in [0, 0.05) is 17.7 Å². The van der Waals surface area contributed by atoms with Crippen molar-refractivity contribution in [3.05, 3.63) is 12.2 Å². The molecule has 12 heavy (non-hydrogen) atoms. The number of nitrogens with two attached hydrogens (primary N) is 1. The predicted octanol–water partition coefficient (Wildman–Crippen LogP) is 0.804. The SMILES string of the molecule is C=C(C(N)=O)C(CC)NC(C)C. The molecule has 70 valence electrons. The van der Waals surface area contributed by atoms with E-state index in [0.29, 0.717) is 11.6 Å². The molecular formula is C9H18N2O. The molecule has 0 fully saturated rings. The van der Waals surface area contributed by atoms with Crippen LogP contribution in [0.15, 0.2) is 12.2 Å². The van der Waals surface area contributed by atoms with Crippen molar-refractivity contribution >= 4 is 5.91 Å². The number of hydrogen-bond donors (Lipinski definition) is 2. The quantitative estimate of drug-likeness (QED) is 0.600. The molecule has 0 spiro atoms. The van der Waals surface area contributed by atoms with Gasteiger partial charge in [-0.15, -0.1) is 0 Å². The first-order valence-electron chi connectivity index (χ1n) is 4.23. The second-order valence-corrected chi connectivity index (χ2v) is 3.17. The van der Waals surface area contributed by atoms with Gasteiger partial charge in [-0.05, 0) is 6.42 Å². The van der Waals surface area contributed by atoms with Gasteiger partial charge in [-0.1, -0.05) is 27.4 Å². The Kier molecular flexibility index (Phi) is 4.59. The Morgan fingerprint density at radius 3 is 2.33 bits per heavy atom. The molecule has 0 rings (SSSR count). The Morgan fingerprint density at radius 1 is 1.58 bits per heavy atom. The van der Waals surface area contributed by atoms with Crippen LogP contribution in [0.4, 0.5) is 0 Å². The molecule has 0 aliphatic carbocycles. The largest absolute Gasteiger partial charge is 0.366 e. The fourth-order valence-electron chi connectivity index (χ4n) is 1.04. The summed E-state index contributed by atoms with van der Waals surface area (Å²) >= 11 is 0. The van der Waals surface area contributed by atoms with E-state index in [1.54, 1.807) is 0 Å². The van der Waals surface area contributed by atoms with Crippen molar-refractivity contribution in [1.29, 1.82) is 0 Å². The summed E-state index contributed by atoms with van der Waals surface area (Å²) in [4.78, 5) is 10.8. The molecule has 3 N–H and O–H groups in total. The van der Waals surface area contributed by atoms with Crippen LogP contribution in [-0.2, 0) is 4.79 Å². The van der Waals surface area contributed by atoms with Crippen LogP contribution in [0.1, 0.15) is 27.2 Å². The van der Waals surface area contributed by atoms with E-state index < -0.39 is 5.91 Å². The van der Waals surface area contributed by atoms with Gasteiger partial charge >= 0.3 is 0 Å². The summed E-state index contributed by atoms with van der Waals surface area (Å²) in [7, 11) is 0. The van der Waals surface area contributed by atoms with Gasteiger partial charge in [0.1, 0.15) is 0 Å². The zero-order valence-electron chi connectivity index (χ0n) is 8.05. The minimum absolute atomic E-state index is 0.0162. The standard InChI is InChI=1S/C9H18N2O/c1-5-8(11-6(2)3)7(4)9(10)12/h6,8,11H,4-5H2,1-3H3,(H2,10,12). The second kappa shape index (κ2) is 4.93. The lowest BCUT2D eigenvalue weighted by molar-refractivity contribution is -0.114. The predicted molar refractivity (Wildman–Crippen MR) is 50.7 cm³/mol. The zero-order chi connectivity index (χ0) is 9.72. The number of rotatable bonds is 5. The van der Waals surface area contributed by atoms with Gasteiger partial charge in [-0.25, -0.2) is 0 Å². The maximum absolute atomic E-state index is 10.8. The molecule has 0 aromatic rings. The van der Waals surface area contributed by atoms with Gasteiger partial charge < -0.3 is 11.1 Å². The highest BCUT2D eigenvalue weighted by Crippen LogP contribution is 2.03. The third-order valence-corrected chi connectivity index (χ3v) is 1.68. The summed E-state index contributed by atoms with van der Waals surface area (Å²) in [5, 5.41) is 3.21. The molecule has 3 heteroatoms. The molecule has 0 radical (unpaired) electrons. The minimum atomic E-state index is -0.421. The number of carbonyl (C=O) groups is 1. The summed E-state index contributed by atoms with van der Waals surface area (Å²) in [6.45, 7) is 9.69. The lowest BCUT2D eigenvalue weighted by atomic mass is 10.1. The molecule has 3 nitrogen and oxygen atoms in total. The van der Waals surface area contributed by atoms with E-state index in [1.807, 2.05) is 20.8 Å². The van der Waals surface area contributed by atoms with Gasteiger partial charge in [-0.3, -0.25) is 4.79 Å². The van der Waals surface area contributed by atoms with E-state index in [4.69, 9.17) is 5.73 Å². The molecule has 0 bridgehead atoms. The highest BCUT2D eigenvalue weighted by atomic mass is 16.1. The molecule has 1 amide bonds. The van der Waals surface area contributed by atoms with Crippen LogP contribution in [-0.4, -0.2) is 18.0 Å². The van der Waals surface area contributed by atoms with Crippen LogP contribution in [0.25, 0.3) is 0 Å². The summed E-state index contributed by atoms with van der Waals surface area (Å²) in [5.74, 6) is -0.421. The van der Waals surface area contributed by atoms with Crippen LogP contribution in [0.2, 0.25) is 0 Å². The van der Waals surface area contributed by atoms with Crippen molar-refractivity contribution in [2.45, 2.75) is 39.3 Å². The van der Waals surface area contributed by atoms with Crippen LogP contribution in [0, 0.1) is 0 Å². The fourth-order valence-corrected chi connectivity index (χ4v) is 1.04. The summed E-state index contributed by atoms with van der Waals surface area (Å²) < 4.78 is 0. The highest BCUT2D eigenvalue weighted by molar-refractivity contribution is 5.92. The first-order chi connectivity index (χ1) is 5.49.